The fraction of sp³-hybridized carbons (Fsp3) is 0.312. The molecule has 0 aromatic heterocycles. The third-order valence-corrected chi connectivity index (χ3v) is 2.46. The van der Waals surface area contributed by atoms with Crippen LogP contribution in [0.15, 0.2) is 30.8 Å². The minimum absolute atomic E-state index is 0.307. The largest absolute Gasteiger partial charge is 0.444 e. The monoisotopic (exact) mass is 242 g/mol. The van der Waals surface area contributed by atoms with Gasteiger partial charge in [0, 0.05) is 5.56 Å². The zero-order valence-electron chi connectivity index (χ0n) is 11.1. The summed E-state index contributed by atoms with van der Waals surface area (Å²) in [6.45, 7) is 9.07. The lowest BCUT2D eigenvalue weighted by Gasteiger charge is -2.20. The molecule has 18 heavy (non-hydrogen) atoms. The average molecular weight is 242 g/mol. The van der Waals surface area contributed by atoms with Gasteiger partial charge < -0.3 is 4.74 Å². The molecule has 1 aromatic carbocycles. The lowest BCUT2D eigenvalue weighted by Crippen LogP contribution is -2.24. The topological polar surface area (TPSA) is 26.3 Å². The lowest BCUT2D eigenvalue weighted by molar-refractivity contribution is -0.156. The van der Waals surface area contributed by atoms with Gasteiger partial charge in [-0.15, -0.1) is 6.42 Å². The molecule has 0 N–H and O–H groups in total. The number of esters is 1. The number of carbonyl (C=O) groups excluding carboxylic acids is 1. The summed E-state index contributed by atoms with van der Waals surface area (Å²) in [5.41, 5.74) is 1.23. The molecule has 0 bridgehead atoms. The molecule has 1 rings (SSSR count). The molecule has 0 aliphatic rings. The van der Waals surface area contributed by atoms with E-state index < -0.39 is 11.5 Å². The standard InChI is InChI=1S/C16H18O2/c1-6-12-8-10-13(11-9-12)14(7-2)18-15(17)16(3,4)5/h2,6,8-11,14H,1H2,3-5H3. The van der Waals surface area contributed by atoms with E-state index in [0.29, 0.717) is 0 Å². The zero-order valence-corrected chi connectivity index (χ0v) is 11.1. The van der Waals surface area contributed by atoms with Crippen molar-refractivity contribution in [3.05, 3.63) is 42.0 Å². The SMILES string of the molecule is C#CC(OC(=O)C(C)(C)C)c1ccc(C=C)cc1. The van der Waals surface area contributed by atoms with E-state index >= 15 is 0 Å². The number of benzene rings is 1. The molecule has 0 aliphatic carbocycles. The van der Waals surface area contributed by atoms with Gasteiger partial charge in [0.15, 0.2) is 6.10 Å². The molecular weight excluding hydrogens is 224 g/mol. The van der Waals surface area contributed by atoms with Crippen molar-refractivity contribution in [2.24, 2.45) is 5.41 Å². The van der Waals surface area contributed by atoms with Crippen molar-refractivity contribution in [2.75, 3.05) is 0 Å². The Kier molecular flexibility index (Phi) is 4.33. The van der Waals surface area contributed by atoms with E-state index in [9.17, 15) is 4.79 Å². The second kappa shape index (κ2) is 5.55. The molecule has 0 saturated heterocycles. The van der Waals surface area contributed by atoms with Crippen molar-refractivity contribution in [1.82, 2.24) is 0 Å². The Morgan fingerprint density at radius 2 is 1.94 bits per heavy atom. The van der Waals surface area contributed by atoms with Crippen LogP contribution in [0.4, 0.5) is 0 Å². The summed E-state index contributed by atoms with van der Waals surface area (Å²) in [4.78, 5) is 11.8. The first-order chi connectivity index (χ1) is 8.38. The van der Waals surface area contributed by atoms with E-state index in [0.717, 1.165) is 11.1 Å². The molecule has 0 heterocycles. The Balaban J connectivity index is 2.87. The summed E-state index contributed by atoms with van der Waals surface area (Å²) < 4.78 is 5.32. The second-order valence-corrected chi connectivity index (χ2v) is 5.07. The Morgan fingerprint density at radius 3 is 2.33 bits per heavy atom. The smallest absolute Gasteiger partial charge is 0.312 e. The third kappa shape index (κ3) is 3.49. The van der Waals surface area contributed by atoms with Gasteiger partial charge in [-0.05, 0) is 26.3 Å². The molecule has 0 radical (unpaired) electrons. The van der Waals surface area contributed by atoms with Crippen LogP contribution in [-0.4, -0.2) is 5.97 Å². The Bertz CT molecular complexity index is 469. The number of hydrogen-bond donors (Lipinski definition) is 0. The van der Waals surface area contributed by atoms with Gasteiger partial charge in [-0.2, -0.15) is 0 Å². The Morgan fingerprint density at radius 1 is 1.39 bits per heavy atom. The van der Waals surface area contributed by atoms with Gasteiger partial charge in [-0.25, -0.2) is 0 Å². The lowest BCUT2D eigenvalue weighted by atomic mass is 9.97. The van der Waals surface area contributed by atoms with E-state index in [1.807, 2.05) is 24.3 Å². The molecule has 1 aromatic rings. The van der Waals surface area contributed by atoms with Crippen LogP contribution in [0.5, 0.6) is 0 Å². The summed E-state index contributed by atoms with van der Waals surface area (Å²) >= 11 is 0. The highest BCUT2D eigenvalue weighted by Gasteiger charge is 2.26. The molecule has 94 valence electrons. The van der Waals surface area contributed by atoms with E-state index in [1.54, 1.807) is 26.8 Å². The minimum atomic E-state index is -0.643. The highest BCUT2D eigenvalue weighted by molar-refractivity contribution is 5.76. The van der Waals surface area contributed by atoms with E-state index in [4.69, 9.17) is 11.2 Å². The van der Waals surface area contributed by atoms with Gasteiger partial charge in [0.05, 0.1) is 5.41 Å². The van der Waals surface area contributed by atoms with Crippen LogP contribution in [0.3, 0.4) is 0 Å². The molecule has 0 fully saturated rings. The molecule has 0 saturated carbocycles. The van der Waals surface area contributed by atoms with E-state index in [-0.39, 0.29) is 5.97 Å². The van der Waals surface area contributed by atoms with Crippen molar-refractivity contribution in [1.29, 1.82) is 0 Å². The van der Waals surface area contributed by atoms with Crippen LogP contribution in [0.2, 0.25) is 0 Å². The fourth-order valence-corrected chi connectivity index (χ4v) is 1.29. The highest BCUT2D eigenvalue weighted by Crippen LogP contribution is 2.23. The van der Waals surface area contributed by atoms with Crippen molar-refractivity contribution in [3.8, 4) is 12.3 Å². The maximum atomic E-state index is 11.8. The third-order valence-electron chi connectivity index (χ3n) is 2.46. The van der Waals surface area contributed by atoms with Gasteiger partial charge in [0.25, 0.3) is 0 Å². The molecular formula is C16H18O2. The zero-order chi connectivity index (χ0) is 13.8. The predicted molar refractivity (Wildman–Crippen MR) is 73.7 cm³/mol. The predicted octanol–water partition coefficient (Wildman–Crippen LogP) is 3.59. The van der Waals surface area contributed by atoms with Crippen LogP contribution in [-0.2, 0) is 9.53 Å². The van der Waals surface area contributed by atoms with Crippen LogP contribution >= 0.6 is 0 Å². The quantitative estimate of drug-likeness (QED) is 0.598. The second-order valence-electron chi connectivity index (χ2n) is 5.07. The van der Waals surface area contributed by atoms with Crippen LogP contribution in [0, 0.1) is 17.8 Å². The van der Waals surface area contributed by atoms with Gasteiger partial charge in [-0.1, -0.05) is 42.8 Å². The highest BCUT2D eigenvalue weighted by atomic mass is 16.5. The molecule has 1 atom stereocenters. The Hall–Kier alpha value is -2.01. The summed E-state index contributed by atoms with van der Waals surface area (Å²) in [5, 5.41) is 0. The van der Waals surface area contributed by atoms with Crippen molar-refractivity contribution in [3.63, 3.8) is 0 Å². The summed E-state index contributed by atoms with van der Waals surface area (Å²) in [7, 11) is 0. The molecule has 0 aliphatic heterocycles. The molecule has 0 amide bonds. The van der Waals surface area contributed by atoms with Crippen molar-refractivity contribution in [2.45, 2.75) is 26.9 Å². The summed E-state index contributed by atoms with van der Waals surface area (Å²) in [6.07, 6.45) is 6.52. The van der Waals surface area contributed by atoms with Crippen LogP contribution in [0.1, 0.15) is 38.0 Å². The van der Waals surface area contributed by atoms with Crippen molar-refractivity contribution >= 4 is 12.0 Å². The number of terminal acetylenes is 1. The minimum Gasteiger partial charge on any atom is -0.444 e. The first-order valence-corrected chi connectivity index (χ1v) is 5.78. The van der Waals surface area contributed by atoms with Crippen molar-refractivity contribution < 1.29 is 9.53 Å². The summed E-state index contributed by atoms with van der Waals surface area (Å²) in [5.74, 6) is 2.18. The van der Waals surface area contributed by atoms with Gasteiger partial charge in [-0.3, -0.25) is 4.79 Å². The van der Waals surface area contributed by atoms with Gasteiger partial charge >= 0.3 is 5.97 Å². The number of ether oxygens (including phenoxy) is 1. The Labute approximate surface area is 109 Å². The maximum absolute atomic E-state index is 11.8. The molecule has 0 spiro atoms. The first kappa shape index (κ1) is 14.1. The molecule has 2 nitrogen and oxygen atoms in total. The maximum Gasteiger partial charge on any atom is 0.312 e. The first-order valence-electron chi connectivity index (χ1n) is 5.78. The number of rotatable bonds is 3. The normalized spacial score (nSPS) is 12.3. The summed E-state index contributed by atoms with van der Waals surface area (Å²) in [6, 6.07) is 7.46. The number of carbonyl (C=O) groups is 1. The van der Waals surface area contributed by atoms with Gasteiger partial charge in [0.1, 0.15) is 0 Å². The molecule has 2 heteroatoms. The fourth-order valence-electron chi connectivity index (χ4n) is 1.29. The molecule has 1 unspecified atom stereocenters. The average Bonchev–Trinajstić information content (AvgIpc) is 2.34. The van der Waals surface area contributed by atoms with Crippen LogP contribution in [0.25, 0.3) is 6.08 Å². The van der Waals surface area contributed by atoms with Crippen LogP contribution < -0.4 is 0 Å². The van der Waals surface area contributed by atoms with Gasteiger partial charge in [0.2, 0.25) is 0 Å². The number of hydrogen-bond acceptors (Lipinski definition) is 2. The van der Waals surface area contributed by atoms with E-state index in [2.05, 4.69) is 12.5 Å². The van der Waals surface area contributed by atoms with E-state index in [1.165, 1.54) is 0 Å².